The molecule has 1 aliphatic carbocycles. The highest BCUT2D eigenvalue weighted by Gasteiger charge is 2.34. The fourth-order valence-corrected chi connectivity index (χ4v) is 4.02. The Bertz CT molecular complexity index is 1030. The maximum Gasteiger partial charge on any atom is 0.350 e. The Morgan fingerprint density at radius 2 is 1.96 bits per heavy atom. The topological polar surface area (TPSA) is 109 Å². The van der Waals surface area contributed by atoms with Crippen LogP contribution < -0.4 is 32.5 Å². The molecule has 4 N–H and O–H groups in total. The van der Waals surface area contributed by atoms with E-state index >= 15 is 4.39 Å². The predicted molar refractivity (Wildman–Crippen MR) is 109 cm³/mol. The third kappa shape index (κ3) is 3.02. The second-order valence-corrected chi connectivity index (χ2v) is 7.55. The Labute approximate surface area is 167 Å². The molecular weight excluding hydrogens is 389 g/mol. The molecule has 0 amide bonds. The first-order valence-electron chi connectivity index (χ1n) is 9.18. The van der Waals surface area contributed by atoms with Gasteiger partial charge in [-0.3, -0.25) is 9.36 Å². The van der Waals surface area contributed by atoms with Crippen LogP contribution in [-0.2, 0) is 0 Å². The Morgan fingerprint density at radius 3 is 2.50 bits per heavy atom. The number of hydrogen-bond acceptors (Lipinski definition) is 6. The zero-order valence-corrected chi connectivity index (χ0v) is 16.7. The number of methoxy groups -OCH3 is 1. The highest BCUT2D eigenvalue weighted by atomic mass is 35.5. The van der Waals surface area contributed by atoms with E-state index in [0.717, 1.165) is 25.3 Å². The van der Waals surface area contributed by atoms with E-state index in [9.17, 15) is 9.59 Å². The summed E-state index contributed by atoms with van der Waals surface area (Å²) in [6, 6.07) is 1.10. The molecule has 154 valence electrons. The van der Waals surface area contributed by atoms with Gasteiger partial charge in [-0.05, 0) is 38.2 Å². The van der Waals surface area contributed by atoms with Crippen LogP contribution in [0.1, 0.15) is 32.2 Å². The molecule has 8 nitrogen and oxygen atoms in total. The van der Waals surface area contributed by atoms with Gasteiger partial charge in [0.1, 0.15) is 11.2 Å². The number of nitrogens with two attached hydrogens (primary N) is 2. The fraction of sp³-hybridized carbons (Fsp3) is 0.556. The van der Waals surface area contributed by atoms with Crippen LogP contribution in [0.2, 0.25) is 0 Å². The van der Waals surface area contributed by atoms with E-state index in [2.05, 4.69) is 0 Å². The summed E-state index contributed by atoms with van der Waals surface area (Å²) in [4.78, 5) is 27.0. The number of nitrogen functional groups attached to an aromatic ring is 1. The highest BCUT2D eigenvalue weighted by molar-refractivity contribution is 5.91. The van der Waals surface area contributed by atoms with Crippen LogP contribution in [-0.4, -0.2) is 35.5 Å². The zero-order valence-electron chi connectivity index (χ0n) is 15.9. The monoisotopic (exact) mass is 413 g/mol. The molecule has 10 heteroatoms. The molecule has 0 radical (unpaired) electrons. The van der Waals surface area contributed by atoms with Gasteiger partial charge in [0.05, 0.1) is 12.5 Å². The summed E-state index contributed by atoms with van der Waals surface area (Å²) < 4.78 is 22.6. The molecular formula is C18H25ClFN5O3. The quantitative estimate of drug-likeness (QED) is 0.722. The summed E-state index contributed by atoms with van der Waals surface area (Å²) >= 11 is 0. The standard InChI is InChI=1S/C18H24FN5O3.ClH/c1-9(20)10-5-6-22(8-10)15-13(19)7-12-14(16(15)27-2)23(11-3-4-11)18(26)24(21)17(12)25;/h7,9-11H,3-6,8,20-21H2,1-2H3;1H/t9-,10+;/m1./s1. The summed E-state index contributed by atoms with van der Waals surface area (Å²) in [5.41, 5.74) is 5.26. The van der Waals surface area contributed by atoms with Gasteiger partial charge in [0.15, 0.2) is 11.6 Å². The van der Waals surface area contributed by atoms with E-state index in [0.29, 0.717) is 23.3 Å². The molecule has 2 fully saturated rings. The second-order valence-electron chi connectivity index (χ2n) is 7.55. The normalized spacial score (nSPS) is 20.3. The fourth-order valence-electron chi connectivity index (χ4n) is 4.02. The van der Waals surface area contributed by atoms with Gasteiger partial charge >= 0.3 is 5.69 Å². The van der Waals surface area contributed by atoms with E-state index in [-0.39, 0.29) is 47.2 Å². The van der Waals surface area contributed by atoms with Crippen LogP contribution >= 0.6 is 12.4 Å². The Kier molecular flexibility index (Phi) is 5.33. The minimum absolute atomic E-state index is 0. The lowest BCUT2D eigenvalue weighted by atomic mass is 10.0. The Balaban J connectivity index is 0.00000225. The van der Waals surface area contributed by atoms with Crippen molar-refractivity contribution in [1.29, 1.82) is 0 Å². The van der Waals surface area contributed by atoms with Crippen LogP contribution in [0.25, 0.3) is 10.9 Å². The molecule has 28 heavy (non-hydrogen) atoms. The number of benzene rings is 1. The highest BCUT2D eigenvalue weighted by Crippen LogP contribution is 2.43. The number of aromatic nitrogens is 2. The van der Waals surface area contributed by atoms with Gasteiger partial charge in [0, 0.05) is 25.2 Å². The van der Waals surface area contributed by atoms with Crippen molar-refractivity contribution in [3.8, 4) is 5.75 Å². The van der Waals surface area contributed by atoms with E-state index < -0.39 is 17.1 Å². The Hall–Kier alpha value is -2.26. The molecule has 4 rings (SSSR count). The van der Waals surface area contributed by atoms with Crippen molar-refractivity contribution in [2.45, 2.75) is 38.3 Å². The summed E-state index contributed by atoms with van der Waals surface area (Å²) in [5.74, 6) is 5.53. The van der Waals surface area contributed by atoms with Gasteiger partial charge in [0.2, 0.25) is 0 Å². The smallest absolute Gasteiger partial charge is 0.350 e. The molecule has 1 aromatic carbocycles. The van der Waals surface area contributed by atoms with Crippen LogP contribution in [0, 0.1) is 11.7 Å². The van der Waals surface area contributed by atoms with Crippen molar-refractivity contribution >= 4 is 29.0 Å². The van der Waals surface area contributed by atoms with Crippen LogP contribution in [0.5, 0.6) is 5.75 Å². The van der Waals surface area contributed by atoms with Gasteiger partial charge in [-0.25, -0.2) is 9.18 Å². The number of rotatable bonds is 4. The first-order valence-corrected chi connectivity index (χ1v) is 9.18. The van der Waals surface area contributed by atoms with E-state index in [1.807, 2.05) is 11.8 Å². The molecule has 2 heterocycles. The average molecular weight is 414 g/mol. The number of nitrogens with zero attached hydrogens (tertiary/aromatic N) is 3. The first kappa shape index (κ1) is 20.5. The van der Waals surface area contributed by atoms with Crippen molar-refractivity contribution in [2.24, 2.45) is 11.7 Å². The van der Waals surface area contributed by atoms with Gasteiger partial charge < -0.3 is 21.2 Å². The lowest BCUT2D eigenvalue weighted by Gasteiger charge is -2.25. The molecule has 2 aromatic rings. The Morgan fingerprint density at radius 1 is 1.29 bits per heavy atom. The van der Waals surface area contributed by atoms with E-state index in [1.165, 1.54) is 11.7 Å². The molecule has 1 aliphatic heterocycles. The second kappa shape index (κ2) is 7.29. The molecule has 2 atom stereocenters. The molecule has 0 bridgehead atoms. The summed E-state index contributed by atoms with van der Waals surface area (Å²) in [6.07, 6.45) is 2.46. The summed E-state index contributed by atoms with van der Waals surface area (Å²) in [6.45, 7) is 3.17. The minimum atomic E-state index is -0.731. The summed E-state index contributed by atoms with van der Waals surface area (Å²) in [5, 5.41) is 0.0463. The SMILES string of the molecule is COc1c(N2CC[C@H]([C@@H](C)N)C2)c(F)cc2c(=O)n(N)c(=O)n(C3CC3)c12.Cl. The van der Waals surface area contributed by atoms with Crippen molar-refractivity contribution in [1.82, 2.24) is 9.24 Å². The van der Waals surface area contributed by atoms with E-state index in [1.54, 1.807) is 0 Å². The lowest BCUT2D eigenvalue weighted by Crippen LogP contribution is -2.44. The maximum atomic E-state index is 15.1. The molecule has 0 spiro atoms. The molecule has 1 saturated heterocycles. The molecule has 2 aliphatic rings. The van der Waals surface area contributed by atoms with Gasteiger partial charge in [0.25, 0.3) is 5.56 Å². The van der Waals surface area contributed by atoms with Crippen LogP contribution in [0.15, 0.2) is 15.7 Å². The number of halogens is 2. The molecule has 0 unspecified atom stereocenters. The van der Waals surface area contributed by atoms with Crippen LogP contribution in [0.4, 0.5) is 10.1 Å². The average Bonchev–Trinajstić information content (AvgIpc) is 3.35. The van der Waals surface area contributed by atoms with Gasteiger partial charge in [-0.1, -0.05) is 0 Å². The third-order valence-corrected chi connectivity index (χ3v) is 5.69. The predicted octanol–water partition coefficient (Wildman–Crippen LogP) is 0.955. The summed E-state index contributed by atoms with van der Waals surface area (Å²) in [7, 11) is 1.42. The maximum absolute atomic E-state index is 15.1. The largest absolute Gasteiger partial charge is 0.492 e. The van der Waals surface area contributed by atoms with Crippen molar-refractivity contribution in [3.63, 3.8) is 0 Å². The van der Waals surface area contributed by atoms with Crippen LogP contribution in [0.3, 0.4) is 0 Å². The first-order chi connectivity index (χ1) is 12.8. The number of fused-ring (bicyclic) bond motifs is 1. The molecule has 1 aromatic heterocycles. The third-order valence-electron chi connectivity index (χ3n) is 5.69. The lowest BCUT2D eigenvalue weighted by molar-refractivity contribution is 0.412. The van der Waals surface area contributed by atoms with Crippen molar-refractivity contribution < 1.29 is 9.13 Å². The van der Waals surface area contributed by atoms with E-state index in [4.69, 9.17) is 16.3 Å². The number of ether oxygens (including phenoxy) is 1. The van der Waals surface area contributed by atoms with Gasteiger partial charge in [-0.2, -0.15) is 4.68 Å². The zero-order chi connectivity index (χ0) is 19.5. The minimum Gasteiger partial charge on any atom is -0.492 e. The van der Waals surface area contributed by atoms with Gasteiger partial charge in [-0.15, -0.1) is 12.4 Å². The van der Waals surface area contributed by atoms with Crippen molar-refractivity contribution in [2.75, 3.05) is 30.9 Å². The van der Waals surface area contributed by atoms with Crippen molar-refractivity contribution in [3.05, 3.63) is 32.7 Å². The number of hydrogen-bond donors (Lipinski definition) is 2. The molecule has 1 saturated carbocycles. The number of anilines is 1.